The molecule has 2 aliphatic heterocycles. The molecule has 1 N–H and O–H groups in total. The molecule has 0 bridgehead atoms. The van der Waals surface area contributed by atoms with Gasteiger partial charge in [-0.2, -0.15) is 0 Å². The molecule has 0 aliphatic carbocycles. The number of pyridine rings is 1. The monoisotopic (exact) mass is 584 g/mol. The van der Waals surface area contributed by atoms with Gasteiger partial charge in [0, 0.05) is 55.4 Å². The van der Waals surface area contributed by atoms with E-state index in [-0.39, 0.29) is 17.6 Å². The zero-order chi connectivity index (χ0) is 29.8. The van der Waals surface area contributed by atoms with Crippen molar-refractivity contribution in [1.29, 1.82) is 0 Å². The maximum absolute atomic E-state index is 13.4. The van der Waals surface area contributed by atoms with Crippen LogP contribution in [0.4, 0.5) is 0 Å². The molecule has 1 atom stereocenters. The molecule has 2 aliphatic rings. The van der Waals surface area contributed by atoms with E-state index >= 15 is 0 Å². The Morgan fingerprint density at radius 1 is 1.09 bits per heavy atom. The highest BCUT2D eigenvalue weighted by Gasteiger charge is 2.43. The Hall–Kier alpha value is -4.38. The third kappa shape index (κ3) is 6.67. The van der Waals surface area contributed by atoms with Gasteiger partial charge in [0.05, 0.1) is 17.9 Å². The Bertz CT molecular complexity index is 1620. The van der Waals surface area contributed by atoms with Crippen LogP contribution in [0, 0.1) is 6.92 Å². The van der Waals surface area contributed by atoms with Gasteiger partial charge in [0.2, 0.25) is 11.7 Å². The highest BCUT2D eigenvalue weighted by atomic mass is 16.7. The summed E-state index contributed by atoms with van der Waals surface area (Å²) in [7, 11) is 2.09. The van der Waals surface area contributed by atoms with E-state index in [9.17, 15) is 9.59 Å². The first kappa shape index (κ1) is 28.7. The van der Waals surface area contributed by atoms with E-state index in [1.54, 1.807) is 6.20 Å². The van der Waals surface area contributed by atoms with Gasteiger partial charge in [-0.1, -0.05) is 24.1 Å². The Morgan fingerprint density at radius 3 is 2.77 bits per heavy atom. The molecular formula is C32H36N6O5. The van der Waals surface area contributed by atoms with Gasteiger partial charge in [0.1, 0.15) is 23.6 Å². The number of nitrogens with one attached hydrogen (secondary N) is 1. The number of piperidine rings is 1. The summed E-state index contributed by atoms with van der Waals surface area (Å²) < 4.78 is 11.3. The zero-order valence-corrected chi connectivity index (χ0v) is 24.5. The molecule has 0 saturated carbocycles. The van der Waals surface area contributed by atoms with Gasteiger partial charge in [-0.05, 0) is 51.1 Å². The second-order valence-corrected chi connectivity index (χ2v) is 11.6. The number of oxime groups is 1. The Labute approximate surface area is 249 Å². The predicted octanol–water partition coefficient (Wildman–Crippen LogP) is 5.42. The number of rotatable bonds is 11. The number of carbonyl (C=O) groups excluding carboxylic acids is 2. The first-order valence-corrected chi connectivity index (χ1v) is 14.9. The summed E-state index contributed by atoms with van der Waals surface area (Å²) in [5.41, 5.74) is 2.75. The van der Waals surface area contributed by atoms with Gasteiger partial charge in [-0.15, -0.1) is 0 Å². The zero-order valence-electron chi connectivity index (χ0n) is 24.5. The average molecular weight is 585 g/mol. The van der Waals surface area contributed by atoms with Gasteiger partial charge < -0.3 is 23.9 Å². The third-order valence-electron chi connectivity index (χ3n) is 8.31. The second kappa shape index (κ2) is 12.5. The number of unbranched alkanes of at least 4 members (excludes halogenated alkanes) is 2. The van der Waals surface area contributed by atoms with Crippen molar-refractivity contribution in [2.75, 3.05) is 20.1 Å². The Balaban J connectivity index is 1.13. The lowest BCUT2D eigenvalue weighted by molar-refractivity contribution is -0.115. The molecule has 224 valence electrons. The molecule has 4 aromatic rings. The number of benzene rings is 1. The van der Waals surface area contributed by atoms with Gasteiger partial charge in [0.25, 0.3) is 11.8 Å². The fourth-order valence-electron chi connectivity index (χ4n) is 5.68. The predicted molar refractivity (Wildman–Crippen MR) is 159 cm³/mol. The summed E-state index contributed by atoms with van der Waals surface area (Å²) in [5, 5.41) is 8.32. The molecular weight excluding hydrogens is 548 g/mol. The van der Waals surface area contributed by atoms with Crippen molar-refractivity contribution in [3.63, 3.8) is 0 Å². The molecule has 1 aromatic carbocycles. The lowest BCUT2D eigenvalue weighted by Crippen LogP contribution is -2.44. The molecule has 6 rings (SSSR count). The molecule has 5 heterocycles. The van der Waals surface area contributed by atoms with Gasteiger partial charge in [-0.25, -0.2) is 9.97 Å². The Kier molecular flexibility index (Phi) is 8.33. The van der Waals surface area contributed by atoms with Crippen LogP contribution in [0.25, 0.3) is 22.2 Å². The fourth-order valence-corrected chi connectivity index (χ4v) is 5.68. The molecule has 1 unspecified atom stereocenters. The number of fused-ring (bicyclic) bond motifs is 1. The summed E-state index contributed by atoms with van der Waals surface area (Å²) in [4.78, 5) is 46.8. The normalized spacial score (nSPS) is 17.1. The second-order valence-electron chi connectivity index (χ2n) is 11.6. The lowest BCUT2D eigenvalue weighted by atomic mass is 9.87. The van der Waals surface area contributed by atoms with Crippen molar-refractivity contribution in [1.82, 2.24) is 25.2 Å². The summed E-state index contributed by atoms with van der Waals surface area (Å²) in [6, 6.07) is 9.50. The SMILES string of the molecule is Cc1ccc2cc(-c3cnc(C(CCCCCC(=O)c4ncco4)NC(=O)C4=NOC5(CCN(C)CC5)C4)o3)ccc2n1. The molecule has 11 heteroatoms. The van der Waals surface area contributed by atoms with Crippen LogP contribution in [0.15, 0.2) is 63.0 Å². The minimum Gasteiger partial charge on any atom is -0.442 e. The van der Waals surface area contributed by atoms with E-state index in [1.807, 2.05) is 37.3 Å². The third-order valence-corrected chi connectivity index (χ3v) is 8.31. The number of likely N-dealkylation sites (tertiary alicyclic amines) is 1. The highest BCUT2D eigenvalue weighted by molar-refractivity contribution is 6.39. The number of oxazole rings is 2. The highest BCUT2D eigenvalue weighted by Crippen LogP contribution is 2.35. The van der Waals surface area contributed by atoms with Crippen LogP contribution in [0.2, 0.25) is 0 Å². The first-order chi connectivity index (χ1) is 20.9. The number of hydrogen-bond acceptors (Lipinski definition) is 10. The number of carbonyl (C=O) groups is 2. The molecule has 1 amide bonds. The summed E-state index contributed by atoms with van der Waals surface area (Å²) in [6.45, 7) is 3.79. The summed E-state index contributed by atoms with van der Waals surface area (Å²) >= 11 is 0. The van der Waals surface area contributed by atoms with Crippen molar-refractivity contribution in [3.05, 3.63) is 66.5 Å². The van der Waals surface area contributed by atoms with Crippen molar-refractivity contribution >= 4 is 28.3 Å². The maximum atomic E-state index is 13.4. The minimum absolute atomic E-state index is 0.116. The van der Waals surface area contributed by atoms with E-state index in [1.165, 1.54) is 12.5 Å². The van der Waals surface area contributed by atoms with Crippen molar-refractivity contribution in [3.8, 4) is 11.3 Å². The van der Waals surface area contributed by atoms with Crippen molar-refractivity contribution in [2.45, 2.75) is 69.9 Å². The van der Waals surface area contributed by atoms with E-state index in [0.29, 0.717) is 43.0 Å². The molecule has 43 heavy (non-hydrogen) atoms. The topological polar surface area (TPSA) is 136 Å². The molecule has 3 aromatic heterocycles. The number of ketones is 1. The van der Waals surface area contributed by atoms with Crippen molar-refractivity contribution < 1.29 is 23.3 Å². The number of Topliss-reactive ketones (excluding diaryl/α,β-unsaturated/α-hetero) is 1. The summed E-state index contributed by atoms with van der Waals surface area (Å²) in [5.74, 6) is 0.788. The van der Waals surface area contributed by atoms with E-state index < -0.39 is 11.6 Å². The van der Waals surface area contributed by atoms with Crippen LogP contribution < -0.4 is 5.32 Å². The van der Waals surface area contributed by atoms with Crippen LogP contribution in [0.3, 0.4) is 0 Å². The van der Waals surface area contributed by atoms with Crippen LogP contribution in [-0.2, 0) is 9.63 Å². The van der Waals surface area contributed by atoms with E-state index in [2.05, 4.69) is 37.4 Å². The van der Waals surface area contributed by atoms with Crippen LogP contribution >= 0.6 is 0 Å². The van der Waals surface area contributed by atoms with Crippen LogP contribution in [-0.4, -0.2) is 63.0 Å². The van der Waals surface area contributed by atoms with Crippen LogP contribution in [0.5, 0.6) is 0 Å². The number of nitrogens with zero attached hydrogens (tertiary/aromatic N) is 5. The minimum atomic E-state index is -0.467. The smallest absolute Gasteiger partial charge is 0.269 e. The standard InChI is InChI=1S/C32H36N6O5/c1-21-8-9-22-18-23(10-11-24(22)35-21)28-20-34-30(42-28)25(6-4-3-5-7-27(39)31-33-14-17-41-31)36-29(40)26-19-32(43-37-26)12-15-38(2)16-13-32/h8-11,14,17-18,20,25H,3-7,12-13,15-16,19H2,1-2H3,(H,36,40). The van der Waals surface area contributed by atoms with Crippen molar-refractivity contribution in [2.24, 2.45) is 5.16 Å². The fraction of sp³-hybridized carbons (Fsp3) is 0.438. The molecule has 11 nitrogen and oxygen atoms in total. The Morgan fingerprint density at radius 2 is 1.95 bits per heavy atom. The number of amides is 1. The quantitative estimate of drug-likeness (QED) is 0.181. The van der Waals surface area contributed by atoms with E-state index in [4.69, 9.17) is 13.7 Å². The number of hydrogen-bond donors (Lipinski definition) is 1. The molecule has 1 spiro atoms. The first-order valence-electron chi connectivity index (χ1n) is 14.9. The lowest BCUT2D eigenvalue weighted by Gasteiger charge is -2.35. The van der Waals surface area contributed by atoms with E-state index in [0.717, 1.165) is 60.9 Å². The largest absolute Gasteiger partial charge is 0.442 e. The van der Waals surface area contributed by atoms with Crippen LogP contribution in [0.1, 0.15) is 79.7 Å². The average Bonchev–Trinajstić information content (AvgIpc) is 3.80. The summed E-state index contributed by atoms with van der Waals surface area (Å²) in [6.07, 6.45) is 9.87. The van der Waals surface area contributed by atoms with Gasteiger partial charge in [0.15, 0.2) is 5.76 Å². The molecule has 0 radical (unpaired) electrons. The van der Waals surface area contributed by atoms with Gasteiger partial charge >= 0.3 is 0 Å². The number of aryl methyl sites for hydroxylation is 1. The maximum Gasteiger partial charge on any atom is 0.269 e. The van der Waals surface area contributed by atoms with Gasteiger partial charge in [-0.3, -0.25) is 14.6 Å². The molecule has 1 saturated heterocycles. The molecule has 1 fully saturated rings. The number of aromatic nitrogens is 3.